The Hall–Kier alpha value is -1.89. The second kappa shape index (κ2) is 5.96. The minimum Gasteiger partial charge on any atom is -0.399 e. The molecule has 0 amide bonds. The summed E-state index contributed by atoms with van der Waals surface area (Å²) in [7, 11) is 0. The van der Waals surface area contributed by atoms with Crippen LogP contribution in [0.2, 0.25) is 5.15 Å². The molecular weight excluding hydrogens is 314 g/mol. The van der Waals surface area contributed by atoms with Crippen molar-refractivity contribution in [3.8, 4) is 0 Å². The van der Waals surface area contributed by atoms with Crippen LogP contribution in [0.4, 0.5) is 17.3 Å². The predicted octanol–water partition coefficient (Wildman–Crippen LogP) is 2.25. The minimum atomic E-state index is 0.485. The molecule has 6 nitrogen and oxygen atoms in total. The van der Waals surface area contributed by atoms with Crippen LogP contribution in [0.3, 0.4) is 0 Å². The molecule has 0 saturated carbocycles. The van der Waals surface area contributed by atoms with Crippen molar-refractivity contribution in [1.29, 1.82) is 0 Å². The average molecular weight is 332 g/mol. The van der Waals surface area contributed by atoms with Crippen molar-refractivity contribution >= 4 is 28.9 Å². The van der Waals surface area contributed by atoms with Crippen molar-refractivity contribution in [3.63, 3.8) is 0 Å². The summed E-state index contributed by atoms with van der Waals surface area (Å²) in [6.07, 6.45) is 1.66. The maximum absolute atomic E-state index is 6.18. The molecular formula is C16H18ClN5O. The van der Waals surface area contributed by atoms with Crippen LogP contribution in [0.1, 0.15) is 11.5 Å². The van der Waals surface area contributed by atoms with Gasteiger partial charge in [0.1, 0.15) is 16.8 Å². The molecule has 3 N–H and O–H groups in total. The molecule has 0 spiro atoms. The number of pyridine rings is 2. The zero-order valence-corrected chi connectivity index (χ0v) is 13.3. The summed E-state index contributed by atoms with van der Waals surface area (Å²) in [5, 5.41) is 3.65. The lowest BCUT2D eigenvalue weighted by atomic mass is 9.90. The van der Waals surface area contributed by atoms with Crippen molar-refractivity contribution < 1.29 is 4.74 Å². The third-order valence-electron chi connectivity index (χ3n) is 4.37. The van der Waals surface area contributed by atoms with Gasteiger partial charge in [0.15, 0.2) is 0 Å². The summed E-state index contributed by atoms with van der Waals surface area (Å²) in [6, 6.07) is 8.09. The Kier molecular flexibility index (Phi) is 3.80. The number of anilines is 3. The van der Waals surface area contributed by atoms with E-state index < -0.39 is 0 Å². The Morgan fingerprint density at radius 1 is 1.22 bits per heavy atom. The molecule has 2 aliphatic rings. The van der Waals surface area contributed by atoms with E-state index in [4.69, 9.17) is 22.1 Å². The Bertz CT molecular complexity index is 715. The third kappa shape index (κ3) is 3.10. The number of hydrogen-bond donors (Lipinski definition) is 2. The first-order valence-corrected chi connectivity index (χ1v) is 8.03. The largest absolute Gasteiger partial charge is 0.399 e. The van der Waals surface area contributed by atoms with Crippen LogP contribution in [0.25, 0.3) is 0 Å². The molecule has 7 heteroatoms. The third-order valence-corrected chi connectivity index (χ3v) is 4.57. The molecule has 4 heterocycles. The van der Waals surface area contributed by atoms with E-state index in [1.165, 1.54) is 5.56 Å². The summed E-state index contributed by atoms with van der Waals surface area (Å²) >= 11 is 6.18. The maximum Gasteiger partial charge on any atom is 0.133 e. The predicted molar refractivity (Wildman–Crippen MR) is 90.1 cm³/mol. The van der Waals surface area contributed by atoms with Crippen LogP contribution >= 0.6 is 11.6 Å². The molecule has 0 radical (unpaired) electrons. The summed E-state index contributed by atoms with van der Waals surface area (Å²) in [6.45, 7) is 3.81. The molecule has 0 bridgehead atoms. The standard InChI is InChI=1S/C16H18ClN5O/c17-14-3-10(11-6-22(7-11)13-8-23-9-13)4-16(20-14)21-15-5-12(18)1-2-19-15/h1-5,11,13H,6-9H2,(H3,18,19,20,21). The number of halogens is 1. The first kappa shape index (κ1) is 14.7. The van der Waals surface area contributed by atoms with Gasteiger partial charge in [-0.2, -0.15) is 0 Å². The highest BCUT2D eigenvalue weighted by Crippen LogP contribution is 2.33. The van der Waals surface area contributed by atoms with Gasteiger partial charge in [0.25, 0.3) is 0 Å². The van der Waals surface area contributed by atoms with E-state index in [9.17, 15) is 0 Å². The Morgan fingerprint density at radius 3 is 2.74 bits per heavy atom. The fourth-order valence-corrected chi connectivity index (χ4v) is 3.14. The molecule has 2 saturated heterocycles. The lowest BCUT2D eigenvalue weighted by molar-refractivity contribution is -0.0906. The summed E-state index contributed by atoms with van der Waals surface area (Å²) in [5.74, 6) is 1.84. The molecule has 23 heavy (non-hydrogen) atoms. The molecule has 0 aliphatic carbocycles. The van der Waals surface area contributed by atoms with E-state index >= 15 is 0 Å². The molecule has 0 aromatic carbocycles. The number of nitrogens with zero attached hydrogens (tertiary/aromatic N) is 3. The number of nitrogens with two attached hydrogens (primary N) is 1. The van der Waals surface area contributed by atoms with Gasteiger partial charge in [-0.3, -0.25) is 4.90 Å². The van der Waals surface area contributed by atoms with Gasteiger partial charge in [-0.05, 0) is 23.8 Å². The van der Waals surface area contributed by atoms with E-state index in [2.05, 4.69) is 20.2 Å². The van der Waals surface area contributed by atoms with E-state index in [0.717, 1.165) is 26.3 Å². The fraction of sp³-hybridized carbons (Fsp3) is 0.375. The number of ether oxygens (including phenoxy) is 1. The lowest BCUT2D eigenvalue weighted by Gasteiger charge is -2.47. The Morgan fingerprint density at radius 2 is 2.04 bits per heavy atom. The van der Waals surface area contributed by atoms with Crippen molar-refractivity contribution in [2.75, 3.05) is 37.4 Å². The van der Waals surface area contributed by atoms with E-state index in [1.807, 2.05) is 12.1 Å². The molecule has 2 aliphatic heterocycles. The van der Waals surface area contributed by atoms with Gasteiger partial charge in [-0.25, -0.2) is 9.97 Å². The SMILES string of the molecule is Nc1ccnc(Nc2cc(C3CN(C4COC4)C3)cc(Cl)n2)c1. The van der Waals surface area contributed by atoms with Crippen molar-refractivity contribution in [2.45, 2.75) is 12.0 Å². The smallest absolute Gasteiger partial charge is 0.133 e. The molecule has 0 atom stereocenters. The molecule has 120 valence electrons. The van der Waals surface area contributed by atoms with Gasteiger partial charge >= 0.3 is 0 Å². The summed E-state index contributed by atoms with van der Waals surface area (Å²) < 4.78 is 5.25. The molecule has 4 rings (SSSR count). The van der Waals surface area contributed by atoms with Gasteiger partial charge in [0, 0.05) is 37.0 Å². The number of rotatable bonds is 4. The normalized spacial score (nSPS) is 19.2. The Balaban J connectivity index is 1.47. The van der Waals surface area contributed by atoms with Crippen LogP contribution in [0, 0.1) is 0 Å². The second-order valence-electron chi connectivity index (χ2n) is 6.05. The lowest BCUT2D eigenvalue weighted by Crippen LogP contribution is -2.58. The first-order chi connectivity index (χ1) is 11.2. The van der Waals surface area contributed by atoms with Crippen LogP contribution < -0.4 is 11.1 Å². The molecule has 0 unspecified atom stereocenters. The van der Waals surface area contributed by atoms with Crippen molar-refractivity contribution in [2.24, 2.45) is 0 Å². The highest BCUT2D eigenvalue weighted by Gasteiger charge is 2.36. The zero-order valence-electron chi connectivity index (χ0n) is 12.6. The van der Waals surface area contributed by atoms with Crippen LogP contribution in [0.15, 0.2) is 30.5 Å². The molecule has 2 aromatic rings. The van der Waals surface area contributed by atoms with E-state index in [1.54, 1.807) is 18.3 Å². The summed E-state index contributed by atoms with van der Waals surface area (Å²) in [5.41, 5.74) is 7.63. The van der Waals surface area contributed by atoms with Crippen LogP contribution in [-0.4, -0.2) is 47.2 Å². The quantitative estimate of drug-likeness (QED) is 0.837. The van der Waals surface area contributed by atoms with Gasteiger partial charge < -0.3 is 15.8 Å². The Labute approximate surface area is 139 Å². The first-order valence-electron chi connectivity index (χ1n) is 7.65. The van der Waals surface area contributed by atoms with Gasteiger partial charge in [-0.1, -0.05) is 11.6 Å². The maximum atomic E-state index is 6.18. The van der Waals surface area contributed by atoms with E-state index in [-0.39, 0.29) is 0 Å². The number of aromatic nitrogens is 2. The molecule has 2 fully saturated rings. The molecule has 2 aromatic heterocycles. The number of nitrogens with one attached hydrogen (secondary N) is 1. The van der Waals surface area contributed by atoms with Gasteiger partial charge in [0.2, 0.25) is 0 Å². The van der Waals surface area contributed by atoms with Gasteiger partial charge in [-0.15, -0.1) is 0 Å². The second-order valence-corrected chi connectivity index (χ2v) is 6.44. The topological polar surface area (TPSA) is 76.3 Å². The van der Waals surface area contributed by atoms with Gasteiger partial charge in [0.05, 0.1) is 19.3 Å². The highest BCUT2D eigenvalue weighted by atomic mass is 35.5. The summed E-state index contributed by atoms with van der Waals surface area (Å²) in [4.78, 5) is 11.0. The van der Waals surface area contributed by atoms with Crippen LogP contribution in [0.5, 0.6) is 0 Å². The van der Waals surface area contributed by atoms with Crippen molar-refractivity contribution in [1.82, 2.24) is 14.9 Å². The number of likely N-dealkylation sites (tertiary alicyclic amines) is 1. The monoisotopic (exact) mass is 331 g/mol. The fourth-order valence-electron chi connectivity index (χ4n) is 2.92. The minimum absolute atomic E-state index is 0.485. The number of nitrogen functional groups attached to an aromatic ring is 1. The zero-order chi connectivity index (χ0) is 15.8. The van der Waals surface area contributed by atoms with Crippen molar-refractivity contribution in [3.05, 3.63) is 41.2 Å². The average Bonchev–Trinajstić information content (AvgIpc) is 2.39. The highest BCUT2D eigenvalue weighted by molar-refractivity contribution is 6.29. The van der Waals surface area contributed by atoms with E-state index in [0.29, 0.717) is 34.4 Å². The number of hydrogen-bond acceptors (Lipinski definition) is 6. The van der Waals surface area contributed by atoms with Crippen LogP contribution in [-0.2, 0) is 4.74 Å².